The lowest BCUT2D eigenvalue weighted by atomic mass is 10.1. The first kappa shape index (κ1) is 18.0. The molecule has 1 saturated carbocycles. The summed E-state index contributed by atoms with van der Waals surface area (Å²) >= 11 is 0. The molecule has 0 aromatic heterocycles. The molecule has 5 nitrogen and oxygen atoms in total. The molecule has 1 fully saturated rings. The van der Waals surface area contributed by atoms with Crippen molar-refractivity contribution in [3.8, 4) is 0 Å². The highest BCUT2D eigenvalue weighted by Crippen LogP contribution is 2.39. The van der Waals surface area contributed by atoms with E-state index in [9.17, 15) is 17.6 Å². The van der Waals surface area contributed by atoms with Gasteiger partial charge in [0.25, 0.3) is 10.0 Å². The van der Waals surface area contributed by atoms with E-state index in [4.69, 9.17) is 0 Å². The van der Waals surface area contributed by atoms with Crippen molar-refractivity contribution in [1.29, 1.82) is 0 Å². The summed E-state index contributed by atoms with van der Waals surface area (Å²) in [7, 11) is -3.84. The fraction of sp³-hybridized carbons (Fsp3) is 0.350. The first-order valence-electron chi connectivity index (χ1n) is 9.01. The van der Waals surface area contributed by atoms with Crippen molar-refractivity contribution >= 4 is 27.3 Å². The summed E-state index contributed by atoms with van der Waals surface area (Å²) in [4.78, 5) is 14.4. The number of amides is 1. The number of anilines is 2. The van der Waals surface area contributed by atoms with Crippen molar-refractivity contribution < 1.29 is 17.6 Å². The first-order valence-corrected chi connectivity index (χ1v) is 10.5. The van der Waals surface area contributed by atoms with Gasteiger partial charge in [0.2, 0.25) is 5.91 Å². The second-order valence-corrected chi connectivity index (χ2v) is 9.08. The SMILES string of the molecule is Cc1ccc(NS(=O)(=O)c2ccc3c(c2)C[C@H](C)N3C(=O)C2CC2)cc1F. The number of hydrogen-bond acceptors (Lipinski definition) is 3. The summed E-state index contributed by atoms with van der Waals surface area (Å²) in [5.41, 5.74) is 2.26. The van der Waals surface area contributed by atoms with E-state index in [-0.39, 0.29) is 28.4 Å². The van der Waals surface area contributed by atoms with Gasteiger partial charge in [-0.2, -0.15) is 0 Å². The Hall–Kier alpha value is -2.41. The Balaban J connectivity index is 1.62. The monoisotopic (exact) mass is 388 g/mol. The van der Waals surface area contributed by atoms with E-state index in [0.717, 1.165) is 24.1 Å². The molecule has 1 aliphatic carbocycles. The van der Waals surface area contributed by atoms with Gasteiger partial charge in [0.05, 0.1) is 10.6 Å². The maximum Gasteiger partial charge on any atom is 0.261 e. The Bertz CT molecular complexity index is 1030. The van der Waals surface area contributed by atoms with Crippen LogP contribution in [0.4, 0.5) is 15.8 Å². The van der Waals surface area contributed by atoms with Gasteiger partial charge in [0.15, 0.2) is 0 Å². The molecule has 4 rings (SSSR count). The highest BCUT2D eigenvalue weighted by atomic mass is 32.2. The number of nitrogens with zero attached hydrogens (tertiary/aromatic N) is 1. The van der Waals surface area contributed by atoms with Crippen molar-refractivity contribution in [2.24, 2.45) is 5.92 Å². The number of rotatable bonds is 4. The minimum atomic E-state index is -3.84. The van der Waals surface area contributed by atoms with Crippen LogP contribution in [0.3, 0.4) is 0 Å². The fourth-order valence-electron chi connectivity index (χ4n) is 3.51. The summed E-state index contributed by atoms with van der Waals surface area (Å²) in [6.45, 7) is 3.59. The van der Waals surface area contributed by atoms with E-state index in [1.165, 1.54) is 24.3 Å². The molecule has 1 heterocycles. The Labute approximate surface area is 158 Å². The van der Waals surface area contributed by atoms with Crippen LogP contribution in [-0.4, -0.2) is 20.4 Å². The normalized spacial score (nSPS) is 19.1. The predicted molar refractivity (Wildman–Crippen MR) is 102 cm³/mol. The third-order valence-electron chi connectivity index (χ3n) is 5.16. The van der Waals surface area contributed by atoms with Crippen LogP contribution in [0.1, 0.15) is 30.9 Å². The quantitative estimate of drug-likeness (QED) is 0.870. The van der Waals surface area contributed by atoms with Gasteiger partial charge >= 0.3 is 0 Å². The summed E-state index contributed by atoms with van der Waals surface area (Å²) < 4.78 is 41.5. The molecular formula is C20H21FN2O3S. The van der Waals surface area contributed by atoms with Crippen LogP contribution in [0.5, 0.6) is 0 Å². The fourth-order valence-corrected chi connectivity index (χ4v) is 4.61. The molecule has 2 aromatic rings. The number of halogens is 1. The summed E-state index contributed by atoms with van der Waals surface area (Å²) in [6.07, 6.45) is 2.48. The number of carbonyl (C=O) groups excluding carboxylic acids is 1. The molecule has 7 heteroatoms. The van der Waals surface area contributed by atoms with E-state index in [1.807, 2.05) is 6.92 Å². The lowest BCUT2D eigenvalue weighted by molar-refractivity contribution is -0.120. The van der Waals surface area contributed by atoms with Crippen LogP contribution < -0.4 is 9.62 Å². The molecule has 0 spiro atoms. The summed E-state index contributed by atoms with van der Waals surface area (Å²) in [5.74, 6) is -0.225. The molecule has 2 aliphatic rings. The molecule has 1 atom stereocenters. The molecule has 2 aromatic carbocycles. The average molecular weight is 388 g/mol. The van der Waals surface area contributed by atoms with Gasteiger partial charge in [0, 0.05) is 17.6 Å². The van der Waals surface area contributed by atoms with Gasteiger partial charge in [-0.1, -0.05) is 6.07 Å². The van der Waals surface area contributed by atoms with Gasteiger partial charge in [-0.15, -0.1) is 0 Å². The zero-order chi connectivity index (χ0) is 19.3. The Morgan fingerprint density at radius 1 is 1.19 bits per heavy atom. The molecule has 1 amide bonds. The molecule has 0 radical (unpaired) electrons. The van der Waals surface area contributed by atoms with Crippen LogP contribution in [0.15, 0.2) is 41.3 Å². The van der Waals surface area contributed by atoms with Crippen molar-refractivity contribution in [3.63, 3.8) is 0 Å². The molecule has 0 unspecified atom stereocenters. The second kappa shape index (κ2) is 6.34. The predicted octanol–water partition coefficient (Wildman–Crippen LogP) is 3.62. The van der Waals surface area contributed by atoms with Crippen molar-refractivity contribution in [1.82, 2.24) is 0 Å². The average Bonchev–Trinajstić information content (AvgIpc) is 3.39. The van der Waals surface area contributed by atoms with Gasteiger partial charge in [0.1, 0.15) is 5.82 Å². The number of fused-ring (bicyclic) bond motifs is 1. The van der Waals surface area contributed by atoms with Crippen molar-refractivity contribution in [2.45, 2.75) is 44.0 Å². The Morgan fingerprint density at radius 3 is 2.59 bits per heavy atom. The summed E-state index contributed by atoms with van der Waals surface area (Å²) in [5, 5.41) is 0. The van der Waals surface area contributed by atoms with E-state index in [1.54, 1.807) is 24.0 Å². The van der Waals surface area contributed by atoms with Crippen molar-refractivity contribution in [2.75, 3.05) is 9.62 Å². The van der Waals surface area contributed by atoms with E-state index in [0.29, 0.717) is 12.0 Å². The topological polar surface area (TPSA) is 66.5 Å². The van der Waals surface area contributed by atoms with Crippen LogP contribution in [0, 0.1) is 18.7 Å². The Morgan fingerprint density at radius 2 is 1.93 bits per heavy atom. The second-order valence-electron chi connectivity index (χ2n) is 7.40. The number of carbonyl (C=O) groups is 1. The smallest absolute Gasteiger partial charge is 0.261 e. The number of aryl methyl sites for hydroxylation is 1. The first-order chi connectivity index (χ1) is 12.8. The molecule has 1 N–H and O–H groups in total. The molecule has 1 aliphatic heterocycles. The number of hydrogen-bond donors (Lipinski definition) is 1. The highest BCUT2D eigenvalue weighted by molar-refractivity contribution is 7.92. The largest absolute Gasteiger partial charge is 0.309 e. The molecule has 0 saturated heterocycles. The van der Waals surface area contributed by atoms with E-state index in [2.05, 4.69) is 4.72 Å². The van der Waals surface area contributed by atoms with Gasteiger partial charge in [-0.3, -0.25) is 9.52 Å². The zero-order valence-electron chi connectivity index (χ0n) is 15.2. The standard InChI is InChI=1S/C20H21FN2O3S/c1-12-3-6-16(11-18(12)21)22-27(25,26)17-7-8-19-15(10-17)9-13(2)23(19)20(24)14-4-5-14/h3,6-8,10-11,13-14,22H,4-5,9H2,1-2H3/t13-/m0/s1. The Kier molecular flexibility index (Phi) is 4.22. The molecule has 142 valence electrons. The minimum Gasteiger partial charge on any atom is -0.309 e. The number of sulfonamides is 1. The lowest BCUT2D eigenvalue weighted by Crippen LogP contribution is -2.36. The van der Waals surface area contributed by atoms with Gasteiger partial charge in [-0.25, -0.2) is 12.8 Å². The van der Waals surface area contributed by atoms with Crippen molar-refractivity contribution in [3.05, 3.63) is 53.3 Å². The molecular weight excluding hydrogens is 367 g/mol. The third-order valence-corrected chi connectivity index (χ3v) is 6.54. The van der Waals surface area contributed by atoms with Gasteiger partial charge < -0.3 is 4.90 Å². The maximum atomic E-state index is 13.7. The highest BCUT2D eigenvalue weighted by Gasteiger charge is 2.39. The summed E-state index contributed by atoms with van der Waals surface area (Å²) in [6, 6.07) is 9.04. The molecule has 0 bridgehead atoms. The number of benzene rings is 2. The van der Waals surface area contributed by atoms with Crippen LogP contribution in [0.2, 0.25) is 0 Å². The maximum absolute atomic E-state index is 13.7. The van der Waals surface area contributed by atoms with Crippen LogP contribution in [-0.2, 0) is 21.2 Å². The molecule has 27 heavy (non-hydrogen) atoms. The number of nitrogens with one attached hydrogen (secondary N) is 1. The van der Waals surface area contributed by atoms with Gasteiger partial charge in [-0.05, 0) is 74.6 Å². The van der Waals surface area contributed by atoms with E-state index < -0.39 is 15.8 Å². The van der Waals surface area contributed by atoms with Crippen LogP contribution in [0.25, 0.3) is 0 Å². The third kappa shape index (κ3) is 3.32. The zero-order valence-corrected chi connectivity index (χ0v) is 16.0. The lowest BCUT2D eigenvalue weighted by Gasteiger charge is -2.22. The minimum absolute atomic E-state index is 0.0187. The van der Waals surface area contributed by atoms with Crippen LogP contribution >= 0.6 is 0 Å². The van der Waals surface area contributed by atoms with E-state index >= 15 is 0 Å².